The molecular formula is C36H40F4O. The second-order valence-corrected chi connectivity index (χ2v) is 10.9. The zero-order valence-corrected chi connectivity index (χ0v) is 24.1. The van der Waals surface area contributed by atoms with Gasteiger partial charge < -0.3 is 4.74 Å². The highest BCUT2D eigenvalue weighted by molar-refractivity contribution is 5.74. The molecular weight excluding hydrogens is 524 g/mol. The molecule has 1 nitrogen and oxygen atoms in total. The van der Waals surface area contributed by atoms with Crippen LogP contribution in [0.3, 0.4) is 0 Å². The van der Waals surface area contributed by atoms with Gasteiger partial charge in [-0.15, -0.1) is 0 Å². The predicted molar refractivity (Wildman–Crippen MR) is 161 cm³/mol. The molecule has 1 aliphatic rings. The molecule has 1 aliphatic carbocycles. The summed E-state index contributed by atoms with van der Waals surface area (Å²) in [6.07, 6.45) is 16.2. The highest BCUT2D eigenvalue weighted by Crippen LogP contribution is 2.37. The Balaban J connectivity index is 1.44. The second kappa shape index (κ2) is 15.0. The Labute approximate surface area is 242 Å². The smallest absolute Gasteiger partial charge is 0.201 e. The molecule has 0 aromatic heterocycles. The minimum absolute atomic E-state index is 0.0830. The average molecular weight is 565 g/mol. The molecule has 0 N–H and O–H groups in total. The SMILES string of the molecule is C/C=C/CCC1CC=C(c2ccc(-c3ccc(-c4ccc(OCCCCCCC)c(F)c4F)cc3)c(F)c2F)CC1. The van der Waals surface area contributed by atoms with Crippen molar-refractivity contribution in [3.8, 4) is 28.0 Å². The topological polar surface area (TPSA) is 9.23 Å². The Morgan fingerprint density at radius 1 is 0.756 bits per heavy atom. The van der Waals surface area contributed by atoms with Gasteiger partial charge in [-0.05, 0) is 80.2 Å². The molecule has 0 bridgehead atoms. The average Bonchev–Trinajstić information content (AvgIpc) is 2.99. The molecule has 4 rings (SSSR count). The molecule has 218 valence electrons. The first-order chi connectivity index (χ1) is 19.9. The monoisotopic (exact) mass is 564 g/mol. The molecule has 0 aliphatic heterocycles. The molecule has 0 saturated heterocycles. The molecule has 3 aromatic carbocycles. The summed E-state index contributed by atoms with van der Waals surface area (Å²) in [7, 11) is 0. The van der Waals surface area contributed by atoms with Crippen LogP contribution in [0.15, 0.2) is 66.8 Å². The van der Waals surface area contributed by atoms with E-state index in [1.165, 1.54) is 12.1 Å². The summed E-state index contributed by atoms with van der Waals surface area (Å²) in [5.74, 6) is -3.30. The molecule has 0 radical (unpaired) electrons. The molecule has 0 spiro atoms. The Morgan fingerprint density at radius 2 is 1.37 bits per heavy atom. The summed E-state index contributed by atoms with van der Waals surface area (Å²) in [5, 5.41) is 0. The minimum Gasteiger partial charge on any atom is -0.490 e. The molecule has 5 heteroatoms. The van der Waals surface area contributed by atoms with Crippen LogP contribution in [-0.2, 0) is 0 Å². The third kappa shape index (κ3) is 7.69. The van der Waals surface area contributed by atoms with Crippen LogP contribution in [0.1, 0.15) is 83.6 Å². The zero-order chi connectivity index (χ0) is 29.2. The zero-order valence-electron chi connectivity index (χ0n) is 24.1. The quantitative estimate of drug-likeness (QED) is 0.114. The summed E-state index contributed by atoms with van der Waals surface area (Å²) in [5.41, 5.74) is 2.28. The van der Waals surface area contributed by atoms with E-state index in [4.69, 9.17) is 4.74 Å². The summed E-state index contributed by atoms with van der Waals surface area (Å²) in [6.45, 7) is 4.49. The fraction of sp³-hybridized carbons (Fsp3) is 0.389. The fourth-order valence-electron chi connectivity index (χ4n) is 5.50. The first-order valence-corrected chi connectivity index (χ1v) is 14.9. The molecule has 3 aromatic rings. The molecule has 0 heterocycles. The summed E-state index contributed by atoms with van der Waals surface area (Å²) < 4.78 is 65.5. The molecule has 41 heavy (non-hydrogen) atoms. The van der Waals surface area contributed by atoms with Gasteiger partial charge in [-0.2, -0.15) is 4.39 Å². The Bertz CT molecular complexity index is 1360. The van der Waals surface area contributed by atoms with Gasteiger partial charge in [0.15, 0.2) is 23.2 Å². The number of rotatable bonds is 13. The van der Waals surface area contributed by atoms with Gasteiger partial charge in [0.25, 0.3) is 0 Å². The summed E-state index contributed by atoms with van der Waals surface area (Å²) >= 11 is 0. The lowest BCUT2D eigenvalue weighted by Gasteiger charge is -2.22. The van der Waals surface area contributed by atoms with Crippen molar-refractivity contribution in [2.75, 3.05) is 6.61 Å². The van der Waals surface area contributed by atoms with Gasteiger partial charge in [0.2, 0.25) is 5.82 Å². The maximum atomic E-state index is 15.2. The van der Waals surface area contributed by atoms with Crippen molar-refractivity contribution in [1.29, 1.82) is 0 Å². The number of allylic oxidation sites excluding steroid dienone is 4. The lowest BCUT2D eigenvalue weighted by Crippen LogP contribution is -2.07. The van der Waals surface area contributed by atoms with Gasteiger partial charge in [-0.3, -0.25) is 0 Å². The Morgan fingerprint density at radius 3 is 2.00 bits per heavy atom. The second-order valence-electron chi connectivity index (χ2n) is 10.9. The standard InChI is InChI=1S/C36H40F4O/c1-3-5-7-8-10-24-41-32-23-22-31(35(39)36(32)40)28-18-16-27(17-19-28)30-21-20-29(33(37)34(30)38)26-14-12-25(13-15-26)11-9-6-4-2/h4,6,14,16-23,25H,3,5,7-13,15,24H2,1-2H3/b6-4+. The van der Waals surface area contributed by atoms with E-state index in [0.717, 1.165) is 69.8 Å². The maximum Gasteiger partial charge on any atom is 0.201 e. The maximum absolute atomic E-state index is 15.2. The van der Waals surface area contributed by atoms with Crippen LogP contribution in [0.2, 0.25) is 0 Å². The molecule has 0 amide bonds. The fourth-order valence-corrected chi connectivity index (χ4v) is 5.50. The lowest BCUT2D eigenvalue weighted by atomic mass is 9.83. The van der Waals surface area contributed by atoms with Crippen LogP contribution in [-0.4, -0.2) is 6.61 Å². The van der Waals surface area contributed by atoms with Crippen LogP contribution in [0, 0.1) is 29.2 Å². The van der Waals surface area contributed by atoms with Crippen LogP contribution in [0.25, 0.3) is 27.8 Å². The van der Waals surface area contributed by atoms with Crippen molar-refractivity contribution in [1.82, 2.24) is 0 Å². The number of ether oxygens (including phenoxy) is 1. The van der Waals surface area contributed by atoms with Gasteiger partial charge in [-0.25, -0.2) is 13.2 Å². The van der Waals surface area contributed by atoms with Gasteiger partial charge >= 0.3 is 0 Å². The van der Waals surface area contributed by atoms with Gasteiger partial charge in [0, 0.05) is 16.7 Å². The van der Waals surface area contributed by atoms with E-state index < -0.39 is 23.3 Å². The normalized spacial score (nSPS) is 15.4. The number of unbranched alkanes of at least 4 members (excludes halogenated alkanes) is 4. The van der Waals surface area contributed by atoms with Crippen LogP contribution in [0.5, 0.6) is 5.75 Å². The van der Waals surface area contributed by atoms with Crippen molar-refractivity contribution in [3.63, 3.8) is 0 Å². The van der Waals surface area contributed by atoms with E-state index in [1.54, 1.807) is 36.4 Å². The Kier molecular flexibility index (Phi) is 11.2. The number of halogens is 4. The third-order valence-electron chi connectivity index (χ3n) is 7.98. The summed E-state index contributed by atoms with van der Waals surface area (Å²) in [4.78, 5) is 0. The third-order valence-corrected chi connectivity index (χ3v) is 7.98. The molecule has 1 atom stereocenters. The first kappa shape index (κ1) is 30.6. The Hall–Kier alpha value is -3.34. The molecule has 1 unspecified atom stereocenters. The largest absolute Gasteiger partial charge is 0.490 e. The lowest BCUT2D eigenvalue weighted by molar-refractivity contribution is 0.285. The van der Waals surface area contributed by atoms with Crippen LogP contribution >= 0.6 is 0 Å². The van der Waals surface area contributed by atoms with E-state index >= 15 is 8.78 Å². The van der Waals surface area contributed by atoms with Crippen molar-refractivity contribution < 1.29 is 22.3 Å². The number of hydrogen-bond donors (Lipinski definition) is 0. The highest BCUT2D eigenvalue weighted by Gasteiger charge is 2.21. The summed E-state index contributed by atoms with van der Waals surface area (Å²) in [6, 6.07) is 12.5. The minimum atomic E-state index is -1.02. The van der Waals surface area contributed by atoms with Crippen molar-refractivity contribution in [3.05, 3.63) is 95.6 Å². The van der Waals surface area contributed by atoms with Crippen LogP contribution < -0.4 is 4.74 Å². The number of hydrogen-bond acceptors (Lipinski definition) is 1. The van der Waals surface area contributed by atoms with Crippen molar-refractivity contribution in [2.24, 2.45) is 5.92 Å². The molecule has 0 fully saturated rings. The van der Waals surface area contributed by atoms with Crippen LogP contribution in [0.4, 0.5) is 17.6 Å². The predicted octanol–water partition coefficient (Wildman–Crippen LogP) is 11.5. The van der Waals surface area contributed by atoms with Crippen molar-refractivity contribution in [2.45, 2.75) is 78.1 Å². The highest BCUT2D eigenvalue weighted by atomic mass is 19.2. The molecule has 0 saturated carbocycles. The van der Waals surface area contributed by atoms with E-state index in [-0.39, 0.29) is 16.9 Å². The van der Waals surface area contributed by atoms with Gasteiger partial charge in [0.05, 0.1) is 6.61 Å². The first-order valence-electron chi connectivity index (χ1n) is 14.9. The van der Waals surface area contributed by atoms with E-state index in [0.29, 0.717) is 29.2 Å². The van der Waals surface area contributed by atoms with E-state index in [1.807, 2.05) is 13.0 Å². The van der Waals surface area contributed by atoms with E-state index in [2.05, 4.69) is 19.1 Å². The van der Waals surface area contributed by atoms with Gasteiger partial charge in [0.1, 0.15) is 0 Å². The van der Waals surface area contributed by atoms with E-state index in [9.17, 15) is 8.78 Å². The van der Waals surface area contributed by atoms with Crippen molar-refractivity contribution >= 4 is 5.57 Å². The van der Waals surface area contributed by atoms with Gasteiger partial charge in [-0.1, -0.05) is 87.2 Å². The number of benzene rings is 3.